The molecule has 0 unspecified atom stereocenters. The number of aromatic nitrogens is 2. The van der Waals surface area contributed by atoms with Gasteiger partial charge < -0.3 is 0 Å². The molecule has 0 saturated heterocycles. The highest BCUT2D eigenvalue weighted by Crippen LogP contribution is 2.30. The van der Waals surface area contributed by atoms with Gasteiger partial charge in [0.1, 0.15) is 0 Å². The second-order valence-corrected chi connectivity index (χ2v) is 4.95. The van der Waals surface area contributed by atoms with Gasteiger partial charge in [-0.05, 0) is 23.1 Å². The second-order valence-electron chi connectivity index (χ2n) is 4.54. The molecule has 0 aliphatic carbocycles. The van der Waals surface area contributed by atoms with E-state index in [-0.39, 0.29) is 5.41 Å². The van der Waals surface area contributed by atoms with Crippen molar-refractivity contribution in [3.8, 4) is 0 Å². The lowest BCUT2D eigenvalue weighted by Gasteiger charge is -2.19. The van der Waals surface area contributed by atoms with Crippen molar-refractivity contribution in [2.45, 2.75) is 26.2 Å². The standard InChI is InChI=1S/C11H13ClN2/c1-11(2,3)7-4-9(12)8-6-13-14-10(8)5-7/h4-6H,1-3H3,(H,13,14). The van der Waals surface area contributed by atoms with Gasteiger partial charge in [-0.2, -0.15) is 5.10 Å². The number of nitrogens with zero attached hydrogens (tertiary/aromatic N) is 1. The van der Waals surface area contributed by atoms with E-state index >= 15 is 0 Å². The van der Waals surface area contributed by atoms with Crippen LogP contribution < -0.4 is 0 Å². The first-order valence-corrected chi connectivity index (χ1v) is 4.99. The fourth-order valence-electron chi connectivity index (χ4n) is 1.44. The molecule has 1 aromatic heterocycles. The zero-order chi connectivity index (χ0) is 10.3. The van der Waals surface area contributed by atoms with Crippen molar-refractivity contribution >= 4 is 22.5 Å². The number of rotatable bonds is 0. The van der Waals surface area contributed by atoms with Crippen molar-refractivity contribution in [1.82, 2.24) is 10.2 Å². The normalized spacial score (nSPS) is 12.3. The van der Waals surface area contributed by atoms with Gasteiger partial charge in [-0.1, -0.05) is 32.4 Å². The van der Waals surface area contributed by atoms with Crippen LogP contribution in [0, 0.1) is 0 Å². The van der Waals surface area contributed by atoms with Crippen molar-refractivity contribution in [3.05, 3.63) is 28.9 Å². The van der Waals surface area contributed by atoms with Gasteiger partial charge in [-0.3, -0.25) is 5.10 Å². The molecule has 1 heterocycles. The van der Waals surface area contributed by atoms with Crippen molar-refractivity contribution in [1.29, 1.82) is 0 Å². The van der Waals surface area contributed by atoms with E-state index < -0.39 is 0 Å². The van der Waals surface area contributed by atoms with Crippen LogP contribution in [0.5, 0.6) is 0 Å². The summed E-state index contributed by atoms with van der Waals surface area (Å²) >= 11 is 6.15. The SMILES string of the molecule is CC(C)(C)c1cc(Cl)c2cn[nH]c2c1. The van der Waals surface area contributed by atoms with Gasteiger partial charge in [-0.15, -0.1) is 0 Å². The first-order valence-electron chi connectivity index (χ1n) is 4.61. The summed E-state index contributed by atoms with van der Waals surface area (Å²) in [7, 11) is 0. The summed E-state index contributed by atoms with van der Waals surface area (Å²) in [5.74, 6) is 0. The number of halogens is 1. The molecule has 1 N–H and O–H groups in total. The van der Waals surface area contributed by atoms with Gasteiger partial charge in [0.05, 0.1) is 16.7 Å². The zero-order valence-electron chi connectivity index (χ0n) is 8.56. The molecular weight excluding hydrogens is 196 g/mol. The molecule has 3 heteroatoms. The summed E-state index contributed by atoms with van der Waals surface area (Å²) in [6.45, 7) is 6.50. The van der Waals surface area contributed by atoms with Crippen LogP contribution in [-0.4, -0.2) is 10.2 Å². The molecule has 0 saturated carbocycles. The molecule has 2 nitrogen and oxygen atoms in total. The van der Waals surface area contributed by atoms with E-state index in [4.69, 9.17) is 11.6 Å². The van der Waals surface area contributed by atoms with Crippen molar-refractivity contribution in [2.24, 2.45) is 0 Å². The van der Waals surface area contributed by atoms with Gasteiger partial charge in [0.25, 0.3) is 0 Å². The summed E-state index contributed by atoms with van der Waals surface area (Å²) < 4.78 is 0. The number of nitrogens with one attached hydrogen (secondary N) is 1. The Morgan fingerprint density at radius 2 is 2.00 bits per heavy atom. The molecule has 2 aromatic rings. The van der Waals surface area contributed by atoms with Gasteiger partial charge in [-0.25, -0.2) is 0 Å². The third kappa shape index (κ3) is 1.50. The van der Waals surface area contributed by atoms with Crippen molar-refractivity contribution in [2.75, 3.05) is 0 Å². The number of benzene rings is 1. The minimum atomic E-state index is 0.114. The Morgan fingerprint density at radius 3 is 2.64 bits per heavy atom. The second kappa shape index (κ2) is 2.99. The van der Waals surface area contributed by atoms with Gasteiger partial charge in [0.2, 0.25) is 0 Å². The molecule has 0 spiro atoms. The molecule has 0 fully saturated rings. The number of fused-ring (bicyclic) bond motifs is 1. The van der Waals surface area contributed by atoms with E-state index in [9.17, 15) is 0 Å². The van der Waals surface area contributed by atoms with E-state index in [0.29, 0.717) is 0 Å². The van der Waals surface area contributed by atoms with E-state index in [2.05, 4.69) is 37.0 Å². The molecule has 0 aliphatic rings. The maximum atomic E-state index is 6.15. The van der Waals surface area contributed by atoms with E-state index in [1.54, 1.807) is 6.20 Å². The quantitative estimate of drug-likeness (QED) is 0.705. The maximum Gasteiger partial charge on any atom is 0.0668 e. The molecule has 0 atom stereocenters. The van der Waals surface area contributed by atoms with Gasteiger partial charge in [0, 0.05) is 5.39 Å². The molecule has 2 rings (SSSR count). The Balaban J connectivity index is 2.70. The van der Waals surface area contributed by atoms with E-state index in [0.717, 1.165) is 15.9 Å². The predicted molar refractivity (Wildman–Crippen MR) is 59.8 cm³/mol. The molecular formula is C11H13ClN2. The Labute approximate surface area is 88.3 Å². The molecule has 14 heavy (non-hydrogen) atoms. The van der Waals surface area contributed by atoms with E-state index in [1.807, 2.05) is 6.07 Å². The van der Waals surface area contributed by atoms with Gasteiger partial charge >= 0.3 is 0 Å². The largest absolute Gasteiger partial charge is 0.278 e. The van der Waals surface area contributed by atoms with Crippen molar-refractivity contribution < 1.29 is 0 Å². The lowest BCUT2D eigenvalue weighted by Crippen LogP contribution is -2.10. The Hall–Kier alpha value is -1.02. The van der Waals surface area contributed by atoms with Crippen LogP contribution in [-0.2, 0) is 5.41 Å². The number of hydrogen-bond donors (Lipinski definition) is 1. The monoisotopic (exact) mass is 208 g/mol. The third-order valence-corrected chi connectivity index (χ3v) is 2.69. The number of H-pyrrole nitrogens is 1. The van der Waals surface area contributed by atoms with E-state index in [1.165, 1.54) is 5.56 Å². The Kier molecular flexibility index (Phi) is 2.04. The van der Waals surface area contributed by atoms with Crippen LogP contribution in [0.15, 0.2) is 18.3 Å². The lowest BCUT2D eigenvalue weighted by molar-refractivity contribution is 0.591. The number of hydrogen-bond acceptors (Lipinski definition) is 1. The fraction of sp³-hybridized carbons (Fsp3) is 0.364. The predicted octanol–water partition coefficient (Wildman–Crippen LogP) is 3.51. The summed E-state index contributed by atoms with van der Waals surface area (Å²) in [4.78, 5) is 0. The topological polar surface area (TPSA) is 28.7 Å². The highest BCUT2D eigenvalue weighted by molar-refractivity contribution is 6.35. The van der Waals surface area contributed by atoms with Gasteiger partial charge in [0.15, 0.2) is 0 Å². The first kappa shape index (κ1) is 9.53. The molecule has 74 valence electrons. The number of aromatic amines is 1. The smallest absolute Gasteiger partial charge is 0.0668 e. The average molecular weight is 209 g/mol. The highest BCUT2D eigenvalue weighted by atomic mass is 35.5. The van der Waals surface area contributed by atoms with Crippen LogP contribution in [0.3, 0.4) is 0 Å². The molecule has 0 radical (unpaired) electrons. The zero-order valence-corrected chi connectivity index (χ0v) is 9.31. The molecule has 0 amide bonds. The summed E-state index contributed by atoms with van der Waals surface area (Å²) in [6.07, 6.45) is 1.75. The first-order chi connectivity index (χ1) is 6.48. The summed E-state index contributed by atoms with van der Waals surface area (Å²) in [5.41, 5.74) is 2.34. The van der Waals surface area contributed by atoms with Crippen LogP contribution >= 0.6 is 11.6 Å². The Bertz CT molecular complexity index is 466. The maximum absolute atomic E-state index is 6.15. The third-order valence-electron chi connectivity index (χ3n) is 2.37. The van der Waals surface area contributed by atoms with Crippen LogP contribution in [0.4, 0.5) is 0 Å². The average Bonchev–Trinajstić information content (AvgIpc) is 2.50. The fourth-order valence-corrected chi connectivity index (χ4v) is 1.71. The van der Waals surface area contributed by atoms with Crippen LogP contribution in [0.1, 0.15) is 26.3 Å². The van der Waals surface area contributed by atoms with Crippen LogP contribution in [0.25, 0.3) is 10.9 Å². The summed E-state index contributed by atoms with van der Waals surface area (Å²) in [5, 5.41) is 8.67. The minimum absolute atomic E-state index is 0.114. The highest BCUT2D eigenvalue weighted by Gasteiger charge is 2.15. The Morgan fingerprint density at radius 1 is 1.29 bits per heavy atom. The van der Waals surface area contributed by atoms with Crippen molar-refractivity contribution in [3.63, 3.8) is 0 Å². The summed E-state index contributed by atoms with van der Waals surface area (Å²) in [6, 6.07) is 4.12. The minimum Gasteiger partial charge on any atom is -0.278 e. The van der Waals surface area contributed by atoms with Crippen LogP contribution in [0.2, 0.25) is 5.02 Å². The molecule has 0 bridgehead atoms. The molecule has 1 aromatic carbocycles. The lowest BCUT2D eigenvalue weighted by atomic mass is 9.87. The molecule has 0 aliphatic heterocycles.